The number of nitrogens with zero attached hydrogens (tertiary/aromatic N) is 2. The molecule has 1 unspecified atom stereocenters. The number of H-pyrrole nitrogens is 1. The third-order valence-corrected chi connectivity index (χ3v) is 4.30. The predicted molar refractivity (Wildman–Crippen MR) is 98.9 cm³/mol. The average molecular weight is 358 g/mol. The van der Waals surface area contributed by atoms with Crippen LogP contribution >= 0.6 is 0 Å². The number of aromatic nitrogens is 2. The van der Waals surface area contributed by atoms with Gasteiger partial charge in [0, 0.05) is 23.8 Å². The smallest absolute Gasteiger partial charge is 0.414 e. The Bertz CT molecular complexity index is 900. The Kier molecular flexibility index (Phi) is 4.83. The molecule has 2 aromatic rings. The van der Waals surface area contributed by atoms with E-state index in [1.165, 1.54) is 6.07 Å². The molecule has 1 amide bonds. The number of hydrogen-bond acceptors (Lipinski definition) is 5. The summed E-state index contributed by atoms with van der Waals surface area (Å²) in [7, 11) is 0. The van der Waals surface area contributed by atoms with Gasteiger partial charge in [0.2, 0.25) is 0 Å². The zero-order valence-corrected chi connectivity index (χ0v) is 15.0. The number of benzene rings is 1. The molecule has 0 bridgehead atoms. The lowest BCUT2D eigenvalue weighted by Crippen LogP contribution is -2.36. The number of hydrogen-bond donors (Lipinski definition) is 2. The number of ether oxygens (including phenoxy) is 1. The van der Waals surface area contributed by atoms with Crippen molar-refractivity contribution in [1.29, 1.82) is 0 Å². The van der Waals surface area contributed by atoms with Gasteiger partial charge in [-0.05, 0) is 38.5 Å². The number of rotatable bonds is 5. The largest absolute Gasteiger partial charge is 0.447 e. The molecule has 0 saturated carbocycles. The van der Waals surface area contributed by atoms with Crippen LogP contribution in [0.1, 0.15) is 38.4 Å². The molecule has 8 heteroatoms. The van der Waals surface area contributed by atoms with Crippen LogP contribution in [0.2, 0.25) is 0 Å². The summed E-state index contributed by atoms with van der Waals surface area (Å²) in [6, 6.07) is 8.48. The molecule has 138 valence electrons. The average Bonchev–Trinajstić information content (AvgIpc) is 3.00. The fraction of sp³-hybridized carbons (Fsp3) is 0.389. The molecule has 1 saturated heterocycles. The normalized spacial score (nSPS) is 15.2. The molecule has 1 atom stereocenters. The third-order valence-electron chi connectivity index (χ3n) is 4.30. The van der Waals surface area contributed by atoms with Gasteiger partial charge in [0.15, 0.2) is 0 Å². The van der Waals surface area contributed by atoms with E-state index in [0.717, 1.165) is 15.8 Å². The van der Waals surface area contributed by atoms with Crippen LogP contribution in [0.25, 0.3) is 0 Å². The molecular weight excluding hydrogens is 336 g/mol. The van der Waals surface area contributed by atoms with Crippen LogP contribution in [0.5, 0.6) is 0 Å². The van der Waals surface area contributed by atoms with Gasteiger partial charge in [0.05, 0.1) is 6.54 Å². The van der Waals surface area contributed by atoms with E-state index in [-0.39, 0.29) is 23.7 Å². The van der Waals surface area contributed by atoms with E-state index in [1.54, 1.807) is 18.7 Å². The van der Waals surface area contributed by atoms with Crippen LogP contribution in [0.3, 0.4) is 0 Å². The molecule has 0 aliphatic carbocycles. The topological polar surface area (TPSA) is 96.4 Å². The second-order valence-corrected chi connectivity index (χ2v) is 6.52. The zero-order chi connectivity index (χ0) is 18.8. The van der Waals surface area contributed by atoms with Crippen LogP contribution in [-0.2, 0) is 4.74 Å². The molecule has 2 N–H and O–H groups in total. The maximum Gasteiger partial charge on any atom is 0.414 e. The summed E-state index contributed by atoms with van der Waals surface area (Å²) >= 11 is 0. The fourth-order valence-electron chi connectivity index (χ4n) is 2.98. The Morgan fingerprint density at radius 3 is 2.54 bits per heavy atom. The van der Waals surface area contributed by atoms with Crippen molar-refractivity contribution in [3.63, 3.8) is 0 Å². The van der Waals surface area contributed by atoms with Gasteiger partial charge in [-0.3, -0.25) is 19.2 Å². The number of nitrogens with one attached hydrogen (secondary N) is 2. The van der Waals surface area contributed by atoms with E-state index in [4.69, 9.17) is 4.74 Å². The fourth-order valence-corrected chi connectivity index (χ4v) is 2.98. The minimum absolute atomic E-state index is 0.182. The molecule has 0 spiro atoms. The lowest BCUT2D eigenvalue weighted by atomic mass is 10.1. The quantitative estimate of drug-likeness (QED) is 0.854. The first-order chi connectivity index (χ1) is 12.4. The van der Waals surface area contributed by atoms with Crippen LogP contribution < -0.4 is 21.5 Å². The van der Waals surface area contributed by atoms with Gasteiger partial charge in [-0.2, -0.15) is 0 Å². The summed E-state index contributed by atoms with van der Waals surface area (Å²) in [5.74, 6) is 0.357. The Balaban J connectivity index is 1.82. The number of cyclic esters (lactones) is 1. The highest BCUT2D eigenvalue weighted by atomic mass is 16.6. The first kappa shape index (κ1) is 17.8. The molecule has 1 fully saturated rings. The molecule has 1 aliphatic rings. The standard InChI is InChI=1S/C18H22N4O4/c1-11(2)22-16(23)10-15(20-17(22)24)19-12(3)13-5-4-6-14(9-13)21-7-8-26-18(21)25/h4-6,9-12,19H,7-8H2,1-3H3,(H,20,24). The molecule has 1 aromatic carbocycles. The van der Waals surface area contributed by atoms with Crippen molar-refractivity contribution in [1.82, 2.24) is 9.55 Å². The lowest BCUT2D eigenvalue weighted by Gasteiger charge is -2.19. The van der Waals surface area contributed by atoms with Crippen molar-refractivity contribution >= 4 is 17.6 Å². The first-order valence-corrected chi connectivity index (χ1v) is 8.53. The van der Waals surface area contributed by atoms with Gasteiger partial charge in [0.25, 0.3) is 5.56 Å². The summed E-state index contributed by atoms with van der Waals surface area (Å²) in [5, 5.41) is 3.13. The third kappa shape index (κ3) is 3.49. The van der Waals surface area contributed by atoms with Crippen molar-refractivity contribution in [3.05, 3.63) is 56.7 Å². The van der Waals surface area contributed by atoms with E-state index in [9.17, 15) is 14.4 Å². The van der Waals surface area contributed by atoms with Gasteiger partial charge in [-0.15, -0.1) is 0 Å². The van der Waals surface area contributed by atoms with Crippen molar-refractivity contribution in [2.75, 3.05) is 23.4 Å². The molecular formula is C18H22N4O4. The zero-order valence-electron chi connectivity index (χ0n) is 15.0. The van der Waals surface area contributed by atoms with E-state index < -0.39 is 5.69 Å². The minimum atomic E-state index is -0.448. The van der Waals surface area contributed by atoms with Crippen molar-refractivity contribution in [3.8, 4) is 0 Å². The highest BCUT2D eigenvalue weighted by Gasteiger charge is 2.24. The second kappa shape index (κ2) is 7.07. The van der Waals surface area contributed by atoms with E-state index in [0.29, 0.717) is 19.0 Å². The lowest BCUT2D eigenvalue weighted by molar-refractivity contribution is 0.181. The Hall–Kier alpha value is -3.03. The predicted octanol–water partition coefficient (Wildman–Crippen LogP) is 2.25. The SMILES string of the molecule is CC(Nc1cc(=O)n(C(C)C)c(=O)[nH]1)c1cccc(N2CCOC2=O)c1. The first-order valence-electron chi connectivity index (χ1n) is 8.53. The number of anilines is 2. The maximum absolute atomic E-state index is 12.1. The summed E-state index contributed by atoms with van der Waals surface area (Å²) in [5.41, 5.74) is 0.862. The molecule has 0 radical (unpaired) electrons. The number of aromatic amines is 1. The Morgan fingerprint density at radius 1 is 1.15 bits per heavy atom. The van der Waals surface area contributed by atoms with Crippen molar-refractivity contribution in [2.45, 2.75) is 32.9 Å². The Morgan fingerprint density at radius 2 is 1.92 bits per heavy atom. The van der Waals surface area contributed by atoms with Gasteiger partial charge in [-0.1, -0.05) is 12.1 Å². The number of carbonyl (C=O) groups is 1. The molecule has 2 heterocycles. The van der Waals surface area contributed by atoms with E-state index in [2.05, 4.69) is 10.3 Å². The van der Waals surface area contributed by atoms with E-state index >= 15 is 0 Å². The molecule has 1 aliphatic heterocycles. The minimum Gasteiger partial charge on any atom is -0.447 e. The van der Waals surface area contributed by atoms with E-state index in [1.807, 2.05) is 31.2 Å². The summed E-state index contributed by atoms with van der Waals surface area (Å²) in [6.07, 6.45) is -0.357. The van der Waals surface area contributed by atoms with Gasteiger partial charge >= 0.3 is 11.8 Å². The van der Waals surface area contributed by atoms with Gasteiger partial charge in [-0.25, -0.2) is 9.59 Å². The Labute approximate surface area is 150 Å². The molecule has 1 aromatic heterocycles. The van der Waals surface area contributed by atoms with Gasteiger partial charge < -0.3 is 10.1 Å². The van der Waals surface area contributed by atoms with Gasteiger partial charge in [0.1, 0.15) is 12.4 Å². The van der Waals surface area contributed by atoms with Crippen LogP contribution in [0.15, 0.2) is 39.9 Å². The molecule has 26 heavy (non-hydrogen) atoms. The summed E-state index contributed by atoms with van der Waals surface area (Å²) in [4.78, 5) is 40.2. The molecule has 3 rings (SSSR count). The highest BCUT2D eigenvalue weighted by Crippen LogP contribution is 2.24. The van der Waals surface area contributed by atoms with Crippen LogP contribution in [0, 0.1) is 0 Å². The van der Waals surface area contributed by atoms with Crippen molar-refractivity contribution < 1.29 is 9.53 Å². The van der Waals surface area contributed by atoms with Crippen molar-refractivity contribution in [2.24, 2.45) is 0 Å². The molecule has 8 nitrogen and oxygen atoms in total. The highest BCUT2D eigenvalue weighted by molar-refractivity contribution is 5.89. The monoisotopic (exact) mass is 358 g/mol. The van der Waals surface area contributed by atoms with Crippen LogP contribution in [0.4, 0.5) is 16.3 Å². The number of amides is 1. The number of carbonyl (C=O) groups excluding carboxylic acids is 1. The maximum atomic E-state index is 12.1. The summed E-state index contributed by atoms with van der Waals surface area (Å²) < 4.78 is 6.13. The second-order valence-electron chi connectivity index (χ2n) is 6.52. The summed E-state index contributed by atoms with van der Waals surface area (Å²) in [6.45, 7) is 6.37. The van der Waals surface area contributed by atoms with Crippen LogP contribution in [-0.4, -0.2) is 28.8 Å².